The second kappa shape index (κ2) is 10.2. The number of likely N-dealkylation sites (tertiary alicyclic amines) is 1. The minimum Gasteiger partial charge on any atom is -0.370 e. The molecule has 0 bridgehead atoms. The van der Waals surface area contributed by atoms with Crippen molar-refractivity contribution in [3.8, 4) is 0 Å². The van der Waals surface area contributed by atoms with Crippen LogP contribution in [0.2, 0.25) is 0 Å². The molecule has 2 aliphatic rings. The molecular weight excluding hydrogens is 386 g/mol. The summed E-state index contributed by atoms with van der Waals surface area (Å²) in [5, 5.41) is 2.75. The fraction of sp³-hybridized carbons (Fsp3) is 0.524. The molecule has 5 N–H and O–H groups in total. The number of aldehydes is 1. The third-order valence-electron chi connectivity index (χ3n) is 5.52. The Labute approximate surface area is 175 Å². The highest BCUT2D eigenvalue weighted by Crippen LogP contribution is 2.31. The van der Waals surface area contributed by atoms with Gasteiger partial charge in [0.15, 0.2) is 12.1 Å². The van der Waals surface area contributed by atoms with Crippen LogP contribution in [0.3, 0.4) is 0 Å². The van der Waals surface area contributed by atoms with Gasteiger partial charge in [0.1, 0.15) is 12.3 Å². The summed E-state index contributed by atoms with van der Waals surface area (Å²) in [7, 11) is 0. The lowest BCUT2D eigenvalue weighted by Gasteiger charge is -2.31. The predicted octanol–water partition coefficient (Wildman–Crippen LogP) is 0.0287. The molecule has 162 valence electrons. The van der Waals surface area contributed by atoms with Gasteiger partial charge in [-0.05, 0) is 43.2 Å². The van der Waals surface area contributed by atoms with E-state index in [1.165, 1.54) is 0 Å². The highest BCUT2D eigenvalue weighted by Gasteiger charge is 2.39. The van der Waals surface area contributed by atoms with Crippen LogP contribution in [0, 0.1) is 0 Å². The molecule has 0 aliphatic carbocycles. The van der Waals surface area contributed by atoms with Crippen molar-refractivity contribution in [1.82, 2.24) is 10.2 Å². The number of fused-ring (bicyclic) bond motifs is 1. The molecule has 0 spiro atoms. The van der Waals surface area contributed by atoms with Crippen LogP contribution in [0.4, 0.5) is 0 Å². The van der Waals surface area contributed by atoms with Gasteiger partial charge in [-0.15, -0.1) is 0 Å². The number of hydrogen-bond donors (Lipinski definition) is 3. The standard InChI is InChI=1S/C21H29N5O4/c22-21(23)24-10-3-6-15(13-27)25-19(28)17-8-4-11-26(17)20(29)18-16-7-2-1-5-14(16)9-12-30-18/h1-2,5,7,13,15,17-18H,3-4,6,8-12H2,(H,25,28)(H4,22,23,24)/t15-,17-,18?/m0/s1. The Morgan fingerprint density at radius 1 is 1.33 bits per heavy atom. The number of nitrogens with one attached hydrogen (secondary N) is 1. The SMILES string of the molecule is NC(N)=NCCC[C@@H](C=O)NC(=O)[C@@H]1CCCN1C(=O)C1OCCc2ccccc21. The number of ether oxygens (including phenoxy) is 1. The number of carbonyl (C=O) groups excluding carboxylic acids is 3. The van der Waals surface area contributed by atoms with Gasteiger partial charge < -0.3 is 31.2 Å². The van der Waals surface area contributed by atoms with Crippen molar-refractivity contribution in [2.24, 2.45) is 16.5 Å². The van der Waals surface area contributed by atoms with E-state index < -0.39 is 18.2 Å². The van der Waals surface area contributed by atoms with Crippen molar-refractivity contribution >= 4 is 24.1 Å². The monoisotopic (exact) mass is 415 g/mol. The van der Waals surface area contributed by atoms with Gasteiger partial charge in [-0.1, -0.05) is 24.3 Å². The lowest BCUT2D eigenvalue weighted by molar-refractivity contribution is -0.149. The second-order valence-corrected chi connectivity index (χ2v) is 7.59. The van der Waals surface area contributed by atoms with E-state index in [0.717, 1.165) is 24.0 Å². The Morgan fingerprint density at radius 2 is 2.13 bits per heavy atom. The summed E-state index contributed by atoms with van der Waals surface area (Å²) in [6, 6.07) is 6.50. The number of amides is 2. The van der Waals surface area contributed by atoms with E-state index in [4.69, 9.17) is 16.2 Å². The molecule has 3 atom stereocenters. The zero-order chi connectivity index (χ0) is 21.5. The number of nitrogens with zero attached hydrogens (tertiary/aromatic N) is 2. The number of carbonyl (C=O) groups is 3. The summed E-state index contributed by atoms with van der Waals surface area (Å²) in [5.74, 6) is -0.521. The first kappa shape index (κ1) is 21.8. The van der Waals surface area contributed by atoms with E-state index in [0.29, 0.717) is 45.2 Å². The predicted molar refractivity (Wildman–Crippen MR) is 111 cm³/mol. The Bertz CT molecular complexity index is 808. The van der Waals surface area contributed by atoms with E-state index in [1.54, 1.807) is 4.90 Å². The van der Waals surface area contributed by atoms with E-state index in [-0.39, 0.29) is 17.8 Å². The Hall–Kier alpha value is -2.94. The van der Waals surface area contributed by atoms with E-state index in [1.807, 2.05) is 24.3 Å². The fourth-order valence-electron chi connectivity index (χ4n) is 4.02. The molecule has 2 aliphatic heterocycles. The average Bonchev–Trinajstić information content (AvgIpc) is 3.24. The van der Waals surface area contributed by atoms with Gasteiger partial charge in [-0.2, -0.15) is 0 Å². The molecule has 1 aromatic rings. The molecule has 0 saturated carbocycles. The molecule has 30 heavy (non-hydrogen) atoms. The number of benzene rings is 1. The van der Waals surface area contributed by atoms with Crippen LogP contribution in [-0.4, -0.2) is 60.7 Å². The van der Waals surface area contributed by atoms with Crippen molar-refractivity contribution in [3.05, 3.63) is 35.4 Å². The maximum Gasteiger partial charge on any atom is 0.257 e. The van der Waals surface area contributed by atoms with Crippen LogP contribution < -0.4 is 16.8 Å². The van der Waals surface area contributed by atoms with Gasteiger partial charge in [0.25, 0.3) is 5.91 Å². The van der Waals surface area contributed by atoms with Crippen molar-refractivity contribution in [1.29, 1.82) is 0 Å². The lowest BCUT2D eigenvalue weighted by Crippen LogP contribution is -2.50. The van der Waals surface area contributed by atoms with E-state index in [2.05, 4.69) is 10.3 Å². The Morgan fingerprint density at radius 3 is 2.90 bits per heavy atom. The number of aliphatic imine (C=N–C) groups is 1. The first-order chi connectivity index (χ1) is 14.5. The molecule has 3 rings (SSSR count). The number of nitrogens with two attached hydrogens (primary N) is 2. The quantitative estimate of drug-likeness (QED) is 0.237. The molecule has 9 heteroatoms. The van der Waals surface area contributed by atoms with Crippen molar-refractivity contribution in [2.45, 2.75) is 50.3 Å². The maximum atomic E-state index is 13.2. The molecule has 1 fully saturated rings. The summed E-state index contributed by atoms with van der Waals surface area (Å²) in [6.07, 6.45) is 3.05. The average molecular weight is 415 g/mol. The van der Waals surface area contributed by atoms with Crippen molar-refractivity contribution in [2.75, 3.05) is 19.7 Å². The second-order valence-electron chi connectivity index (χ2n) is 7.59. The Kier molecular flexibility index (Phi) is 7.40. The zero-order valence-electron chi connectivity index (χ0n) is 17.0. The van der Waals surface area contributed by atoms with Crippen molar-refractivity contribution < 1.29 is 19.1 Å². The maximum absolute atomic E-state index is 13.2. The topological polar surface area (TPSA) is 140 Å². The smallest absolute Gasteiger partial charge is 0.257 e. The van der Waals surface area contributed by atoms with E-state index >= 15 is 0 Å². The van der Waals surface area contributed by atoms with E-state index in [9.17, 15) is 14.4 Å². The fourth-order valence-corrected chi connectivity index (χ4v) is 4.02. The zero-order valence-corrected chi connectivity index (χ0v) is 17.0. The van der Waals surface area contributed by atoms with Crippen LogP contribution in [0.5, 0.6) is 0 Å². The minimum atomic E-state index is -0.690. The van der Waals surface area contributed by atoms with Crippen LogP contribution in [-0.2, 0) is 25.5 Å². The normalized spacial score (nSPS) is 21.4. The third-order valence-corrected chi connectivity index (χ3v) is 5.52. The summed E-state index contributed by atoms with van der Waals surface area (Å²) < 4.78 is 5.78. The summed E-state index contributed by atoms with van der Waals surface area (Å²) in [4.78, 5) is 42.9. The highest BCUT2D eigenvalue weighted by molar-refractivity contribution is 5.91. The third kappa shape index (κ3) is 5.15. The molecule has 0 radical (unpaired) electrons. The van der Waals surface area contributed by atoms with Gasteiger partial charge in [0.05, 0.1) is 12.6 Å². The van der Waals surface area contributed by atoms with Crippen LogP contribution >= 0.6 is 0 Å². The van der Waals surface area contributed by atoms with Gasteiger partial charge in [0, 0.05) is 13.1 Å². The highest BCUT2D eigenvalue weighted by atomic mass is 16.5. The van der Waals surface area contributed by atoms with Crippen LogP contribution in [0.15, 0.2) is 29.3 Å². The van der Waals surface area contributed by atoms with Gasteiger partial charge in [-0.3, -0.25) is 14.6 Å². The molecule has 2 heterocycles. The summed E-state index contributed by atoms with van der Waals surface area (Å²) >= 11 is 0. The Balaban J connectivity index is 1.62. The van der Waals surface area contributed by atoms with Crippen molar-refractivity contribution in [3.63, 3.8) is 0 Å². The molecule has 1 saturated heterocycles. The number of rotatable bonds is 8. The first-order valence-corrected chi connectivity index (χ1v) is 10.3. The largest absolute Gasteiger partial charge is 0.370 e. The molecule has 1 aromatic carbocycles. The van der Waals surface area contributed by atoms with Gasteiger partial charge >= 0.3 is 0 Å². The first-order valence-electron chi connectivity index (χ1n) is 10.3. The molecular formula is C21H29N5O4. The molecule has 2 amide bonds. The lowest BCUT2D eigenvalue weighted by atomic mass is 9.96. The van der Waals surface area contributed by atoms with Gasteiger partial charge in [-0.25, -0.2) is 0 Å². The molecule has 9 nitrogen and oxygen atoms in total. The minimum absolute atomic E-state index is 0.00620. The molecule has 1 unspecified atom stereocenters. The summed E-state index contributed by atoms with van der Waals surface area (Å²) in [5.41, 5.74) is 12.5. The number of guanidine groups is 1. The summed E-state index contributed by atoms with van der Waals surface area (Å²) in [6.45, 7) is 1.35. The number of hydrogen-bond acceptors (Lipinski definition) is 5. The molecule has 0 aromatic heterocycles. The van der Waals surface area contributed by atoms with Gasteiger partial charge in [0.2, 0.25) is 5.91 Å². The van der Waals surface area contributed by atoms with Crippen LogP contribution in [0.1, 0.15) is 42.9 Å². The van der Waals surface area contributed by atoms with Crippen LogP contribution in [0.25, 0.3) is 0 Å².